The van der Waals surface area contributed by atoms with Gasteiger partial charge in [-0.1, -0.05) is 71.6 Å². The van der Waals surface area contributed by atoms with Crippen molar-refractivity contribution in [2.24, 2.45) is 0 Å². The average molecular weight is 329 g/mol. The summed E-state index contributed by atoms with van der Waals surface area (Å²) in [7, 11) is 1.91. The molecule has 0 heterocycles. The fourth-order valence-electron chi connectivity index (χ4n) is 4.42. The monoisotopic (exact) mass is 328 g/mol. The predicted molar refractivity (Wildman–Crippen MR) is 98.6 cm³/mol. The van der Waals surface area contributed by atoms with Crippen LogP contribution in [0.25, 0.3) is 0 Å². The Morgan fingerprint density at radius 1 is 0.682 bits per heavy atom. The van der Waals surface area contributed by atoms with Crippen LogP contribution in [0.3, 0.4) is 0 Å². The van der Waals surface area contributed by atoms with Crippen LogP contribution in [0.5, 0.6) is 0 Å². The van der Waals surface area contributed by atoms with Gasteiger partial charge in [-0.05, 0) is 25.7 Å². The first kappa shape index (κ1) is 20.2. The summed E-state index contributed by atoms with van der Waals surface area (Å²) in [5.74, 6) is 0. The summed E-state index contributed by atoms with van der Waals surface area (Å²) < 4.78 is 11.9. The molecule has 132 valence electrons. The van der Waals surface area contributed by atoms with E-state index in [0.717, 1.165) is 11.1 Å². The highest BCUT2D eigenvalue weighted by molar-refractivity contribution is 6.70. The molecule has 0 atom stereocenters. The van der Waals surface area contributed by atoms with Crippen molar-refractivity contribution >= 4 is 8.56 Å². The molecule has 0 aromatic heterocycles. The second-order valence-electron chi connectivity index (χ2n) is 7.15. The van der Waals surface area contributed by atoms with E-state index in [9.17, 15) is 0 Å². The minimum atomic E-state index is -1.88. The quantitative estimate of drug-likeness (QED) is 0.370. The van der Waals surface area contributed by atoms with Gasteiger partial charge in [-0.2, -0.15) is 0 Å². The zero-order valence-electron chi connectivity index (χ0n) is 15.7. The molecule has 22 heavy (non-hydrogen) atoms. The average Bonchev–Trinajstić information content (AvgIpc) is 3.25. The van der Waals surface area contributed by atoms with Crippen molar-refractivity contribution in [2.45, 2.75) is 108 Å². The maximum atomic E-state index is 5.97. The lowest BCUT2D eigenvalue weighted by Gasteiger charge is -2.37. The molecule has 0 N–H and O–H groups in total. The summed E-state index contributed by atoms with van der Waals surface area (Å²) in [4.78, 5) is 0. The smallest absolute Gasteiger partial charge is 0.344 e. The Labute approximate surface area is 140 Å². The molecule has 0 bridgehead atoms. The molecular formula is C19H40O2Si. The summed E-state index contributed by atoms with van der Waals surface area (Å²) in [5.41, 5.74) is 1.55. The molecule has 2 nitrogen and oxygen atoms in total. The lowest BCUT2D eigenvalue weighted by atomic mass is 10.2. The summed E-state index contributed by atoms with van der Waals surface area (Å²) in [5, 5.41) is 0. The van der Waals surface area contributed by atoms with E-state index in [1.165, 1.54) is 83.5 Å². The number of hydrogen-bond donors (Lipinski definition) is 0. The van der Waals surface area contributed by atoms with Gasteiger partial charge in [0.1, 0.15) is 0 Å². The van der Waals surface area contributed by atoms with Gasteiger partial charge in [0.15, 0.2) is 0 Å². The van der Waals surface area contributed by atoms with Gasteiger partial charge in [-0.25, -0.2) is 0 Å². The Hall–Kier alpha value is 0.137. The first-order valence-corrected chi connectivity index (χ1v) is 11.8. The second kappa shape index (κ2) is 11.6. The molecule has 0 unspecified atom stereocenters. The third-order valence-corrected chi connectivity index (χ3v) is 10.4. The van der Waals surface area contributed by atoms with Gasteiger partial charge < -0.3 is 8.85 Å². The number of rotatable bonds is 8. The molecule has 2 aliphatic rings. The Bertz CT molecular complexity index is 232. The first-order chi connectivity index (χ1) is 10.7. The van der Waals surface area contributed by atoms with Gasteiger partial charge in [0, 0.05) is 25.3 Å². The van der Waals surface area contributed by atoms with Crippen molar-refractivity contribution in [3.8, 4) is 0 Å². The van der Waals surface area contributed by atoms with Crippen LogP contribution >= 0.6 is 0 Å². The van der Waals surface area contributed by atoms with Crippen molar-refractivity contribution in [1.29, 1.82) is 0 Å². The van der Waals surface area contributed by atoms with Crippen LogP contribution in [-0.2, 0) is 8.85 Å². The molecule has 2 fully saturated rings. The summed E-state index contributed by atoms with van der Waals surface area (Å²) in [6.45, 7) is 4.49. The minimum Gasteiger partial charge on any atom is -0.397 e. The van der Waals surface area contributed by atoms with E-state index < -0.39 is 8.56 Å². The Morgan fingerprint density at radius 2 is 1.05 bits per heavy atom. The molecule has 0 saturated heterocycles. The fourth-order valence-corrected chi connectivity index (χ4v) is 9.01. The number of unbranched alkanes of at least 4 members (excludes halogenated alkanes) is 4. The summed E-state index contributed by atoms with van der Waals surface area (Å²) >= 11 is 0. The van der Waals surface area contributed by atoms with Crippen molar-refractivity contribution in [3.05, 3.63) is 0 Å². The molecule has 0 aromatic carbocycles. The SMILES string of the molecule is CCCCCCC.CO[Si](OC)(C1CCCC1)C1CCCC1. The first-order valence-electron chi connectivity index (χ1n) is 9.85. The number of hydrogen-bond acceptors (Lipinski definition) is 2. The Balaban J connectivity index is 0.000000295. The van der Waals surface area contributed by atoms with Crippen LogP contribution < -0.4 is 0 Å². The van der Waals surface area contributed by atoms with E-state index in [0.29, 0.717) is 0 Å². The second-order valence-corrected chi connectivity index (χ2v) is 11.0. The lowest BCUT2D eigenvalue weighted by Crippen LogP contribution is -2.48. The van der Waals surface area contributed by atoms with E-state index in [4.69, 9.17) is 8.85 Å². The molecule has 2 rings (SSSR count). The zero-order chi connectivity index (χ0) is 16.3. The maximum Gasteiger partial charge on any atom is 0.344 e. The molecule has 0 radical (unpaired) electrons. The maximum absolute atomic E-state index is 5.97. The summed E-state index contributed by atoms with van der Waals surface area (Å²) in [6, 6.07) is 0. The molecule has 2 aliphatic carbocycles. The Kier molecular flexibility index (Phi) is 10.7. The molecular weight excluding hydrogens is 288 g/mol. The van der Waals surface area contributed by atoms with Gasteiger partial charge in [0.05, 0.1) is 0 Å². The van der Waals surface area contributed by atoms with Gasteiger partial charge in [-0.3, -0.25) is 0 Å². The summed E-state index contributed by atoms with van der Waals surface area (Å²) in [6.07, 6.45) is 18.0. The van der Waals surface area contributed by atoms with Crippen LogP contribution in [0, 0.1) is 0 Å². The van der Waals surface area contributed by atoms with Gasteiger partial charge >= 0.3 is 8.56 Å². The van der Waals surface area contributed by atoms with Crippen LogP contribution in [0.15, 0.2) is 0 Å². The van der Waals surface area contributed by atoms with Crippen molar-refractivity contribution in [1.82, 2.24) is 0 Å². The molecule has 0 aliphatic heterocycles. The largest absolute Gasteiger partial charge is 0.397 e. The van der Waals surface area contributed by atoms with E-state index in [2.05, 4.69) is 13.8 Å². The molecule has 0 spiro atoms. The molecule has 3 heteroatoms. The van der Waals surface area contributed by atoms with E-state index >= 15 is 0 Å². The van der Waals surface area contributed by atoms with Gasteiger partial charge in [-0.15, -0.1) is 0 Å². The Morgan fingerprint density at radius 3 is 1.32 bits per heavy atom. The minimum absolute atomic E-state index is 0.774. The normalized spacial score (nSPS) is 20.2. The third-order valence-electron chi connectivity index (χ3n) is 5.69. The fraction of sp³-hybridized carbons (Fsp3) is 1.00. The standard InChI is InChI=1S/C12H24O2Si.C7H16/c1-13-15(14-2,11-7-3-4-8-11)12-9-5-6-10-12;1-3-5-7-6-4-2/h11-12H,3-10H2,1-2H3;3-7H2,1-2H3. The van der Waals surface area contributed by atoms with Crippen LogP contribution in [0.4, 0.5) is 0 Å². The highest BCUT2D eigenvalue weighted by atomic mass is 28.4. The molecule has 0 aromatic rings. The molecule has 2 saturated carbocycles. The van der Waals surface area contributed by atoms with Crippen molar-refractivity contribution in [2.75, 3.05) is 14.2 Å². The van der Waals surface area contributed by atoms with Crippen LogP contribution in [0.1, 0.15) is 97.3 Å². The van der Waals surface area contributed by atoms with Crippen molar-refractivity contribution in [3.63, 3.8) is 0 Å². The van der Waals surface area contributed by atoms with E-state index in [1.807, 2.05) is 14.2 Å². The van der Waals surface area contributed by atoms with Crippen molar-refractivity contribution < 1.29 is 8.85 Å². The van der Waals surface area contributed by atoms with Crippen LogP contribution in [0.2, 0.25) is 11.1 Å². The van der Waals surface area contributed by atoms with E-state index in [1.54, 1.807) is 0 Å². The highest BCUT2D eigenvalue weighted by Gasteiger charge is 2.52. The zero-order valence-corrected chi connectivity index (χ0v) is 16.7. The van der Waals surface area contributed by atoms with Crippen LogP contribution in [-0.4, -0.2) is 22.8 Å². The highest BCUT2D eigenvalue weighted by Crippen LogP contribution is 2.50. The third kappa shape index (κ3) is 5.65. The topological polar surface area (TPSA) is 18.5 Å². The van der Waals surface area contributed by atoms with E-state index in [-0.39, 0.29) is 0 Å². The predicted octanol–water partition coefficient (Wildman–Crippen LogP) is 6.59. The lowest BCUT2D eigenvalue weighted by molar-refractivity contribution is 0.214. The van der Waals surface area contributed by atoms with Gasteiger partial charge in [0.2, 0.25) is 0 Å². The van der Waals surface area contributed by atoms with Gasteiger partial charge in [0.25, 0.3) is 0 Å². The molecule has 0 amide bonds.